The molecule has 11 heteroatoms. The van der Waals surface area contributed by atoms with Gasteiger partial charge in [-0.05, 0) is 61.8 Å². The van der Waals surface area contributed by atoms with Gasteiger partial charge in [-0.25, -0.2) is 4.79 Å². The van der Waals surface area contributed by atoms with Crippen LogP contribution in [-0.4, -0.2) is 88.6 Å². The Kier molecular flexibility index (Phi) is 16.9. The molecule has 0 aliphatic carbocycles. The van der Waals surface area contributed by atoms with Crippen LogP contribution < -0.4 is 0 Å². The molecule has 2 aliphatic heterocycles. The standard InChI is InChI=1S/C14H26O5Si.C13H26O3SSi/c1-5-13(15)19-11-8-10-14(16-2)9-6-7-12-20(14,17-3)18-4;1-5-17-11-8-10-13(14-2)9-6-7-12-18(13,15-3)16-4/h5H,1,6-12H2,2-4H3;5H,1,6-12H2,2-4H3. The van der Waals surface area contributed by atoms with Crippen molar-refractivity contribution in [3.05, 3.63) is 24.6 Å². The van der Waals surface area contributed by atoms with Crippen LogP contribution in [0.1, 0.15) is 64.2 Å². The van der Waals surface area contributed by atoms with Crippen molar-refractivity contribution in [3.8, 4) is 0 Å². The highest BCUT2D eigenvalue weighted by Gasteiger charge is 2.59. The summed E-state index contributed by atoms with van der Waals surface area (Å²) in [4.78, 5) is 11.0. The second kappa shape index (κ2) is 18.0. The lowest BCUT2D eigenvalue weighted by atomic mass is 10.1. The van der Waals surface area contributed by atoms with Crippen molar-refractivity contribution in [1.29, 1.82) is 0 Å². The summed E-state index contributed by atoms with van der Waals surface area (Å²) >= 11 is 1.76. The number of rotatable bonds is 16. The summed E-state index contributed by atoms with van der Waals surface area (Å²) in [5.41, 5.74) is 0. The van der Waals surface area contributed by atoms with E-state index in [9.17, 15) is 4.79 Å². The number of carbonyl (C=O) groups excluding carboxylic acids is 1. The molecule has 2 saturated heterocycles. The van der Waals surface area contributed by atoms with Crippen molar-refractivity contribution in [2.45, 2.75) is 86.7 Å². The molecule has 0 radical (unpaired) electrons. The highest BCUT2D eigenvalue weighted by Crippen LogP contribution is 2.44. The van der Waals surface area contributed by atoms with Crippen molar-refractivity contribution in [1.82, 2.24) is 0 Å². The second-order valence-electron chi connectivity index (χ2n) is 9.75. The molecule has 0 aromatic heterocycles. The first-order chi connectivity index (χ1) is 18.3. The van der Waals surface area contributed by atoms with Gasteiger partial charge in [-0.1, -0.05) is 38.8 Å². The summed E-state index contributed by atoms with van der Waals surface area (Å²) in [5.74, 6) is 0.703. The molecule has 2 aliphatic rings. The van der Waals surface area contributed by atoms with Crippen LogP contribution in [0, 0.1) is 0 Å². The van der Waals surface area contributed by atoms with Crippen LogP contribution in [0.4, 0.5) is 0 Å². The normalized spacial score (nSPS) is 26.1. The minimum atomic E-state index is -2.38. The number of ether oxygens (including phenoxy) is 3. The molecule has 0 bridgehead atoms. The van der Waals surface area contributed by atoms with Gasteiger partial charge in [0.15, 0.2) is 0 Å². The molecule has 0 aromatic rings. The molecule has 0 spiro atoms. The van der Waals surface area contributed by atoms with E-state index in [4.69, 9.17) is 31.9 Å². The number of hydrogen-bond donors (Lipinski definition) is 0. The Morgan fingerprint density at radius 3 is 1.66 bits per heavy atom. The van der Waals surface area contributed by atoms with Crippen LogP contribution in [0.2, 0.25) is 12.1 Å². The van der Waals surface area contributed by atoms with Gasteiger partial charge in [0, 0.05) is 48.7 Å². The Morgan fingerprint density at radius 1 is 0.789 bits per heavy atom. The van der Waals surface area contributed by atoms with Gasteiger partial charge in [-0.3, -0.25) is 0 Å². The van der Waals surface area contributed by atoms with E-state index in [0.717, 1.165) is 69.2 Å². The summed E-state index contributed by atoms with van der Waals surface area (Å²) in [5, 5.41) is 1.38. The average molecular weight is 593 g/mol. The van der Waals surface area contributed by atoms with Crippen molar-refractivity contribution in [2.24, 2.45) is 0 Å². The van der Waals surface area contributed by atoms with Gasteiger partial charge < -0.3 is 31.9 Å². The molecule has 0 N–H and O–H groups in total. The monoisotopic (exact) mass is 592 g/mol. The Balaban J connectivity index is 0.000000382. The minimum Gasteiger partial charge on any atom is -0.463 e. The van der Waals surface area contributed by atoms with Crippen LogP contribution in [0.15, 0.2) is 24.6 Å². The maximum Gasteiger partial charge on any atom is 0.370 e. The number of hydrogen-bond acceptors (Lipinski definition) is 9. The summed E-state index contributed by atoms with van der Waals surface area (Å²) in [6, 6.07) is 1.99. The number of esters is 1. The molecule has 2 heterocycles. The lowest BCUT2D eigenvalue weighted by Crippen LogP contribution is -2.64. The van der Waals surface area contributed by atoms with E-state index >= 15 is 0 Å². The van der Waals surface area contributed by atoms with Crippen molar-refractivity contribution < 1.29 is 36.7 Å². The Morgan fingerprint density at radius 2 is 1.26 bits per heavy atom. The van der Waals surface area contributed by atoms with Crippen molar-refractivity contribution in [2.75, 3.05) is 55.0 Å². The van der Waals surface area contributed by atoms with Crippen LogP contribution >= 0.6 is 11.8 Å². The molecule has 2 atom stereocenters. The maximum atomic E-state index is 11.0. The third kappa shape index (κ3) is 8.50. The van der Waals surface area contributed by atoms with E-state index < -0.39 is 17.1 Å². The smallest absolute Gasteiger partial charge is 0.370 e. The Labute approximate surface area is 237 Å². The van der Waals surface area contributed by atoms with Gasteiger partial charge in [-0.2, -0.15) is 0 Å². The van der Waals surface area contributed by atoms with Gasteiger partial charge in [0.05, 0.1) is 6.61 Å². The fourth-order valence-electron chi connectivity index (χ4n) is 6.16. The highest BCUT2D eigenvalue weighted by molar-refractivity contribution is 8.02. The fraction of sp³-hybridized carbons (Fsp3) is 0.815. The van der Waals surface area contributed by atoms with E-state index in [2.05, 4.69) is 13.2 Å². The Hall–Kier alpha value is -0.506. The number of carbonyl (C=O) groups is 1. The first-order valence-electron chi connectivity index (χ1n) is 13.6. The third-order valence-electron chi connectivity index (χ3n) is 8.26. The molecule has 222 valence electrons. The quantitative estimate of drug-likeness (QED) is 0.0952. The molecule has 0 aromatic carbocycles. The predicted molar refractivity (Wildman–Crippen MR) is 159 cm³/mol. The topological polar surface area (TPSA) is 81.7 Å². The predicted octanol–water partition coefficient (Wildman–Crippen LogP) is 5.83. The SMILES string of the molecule is C=CC(=O)OCCCC1(OC)CCCC[Si]1(OC)OC.C=CSCCCC1(OC)CCCC[Si]1(OC)OC. The summed E-state index contributed by atoms with van der Waals surface area (Å²) < 4.78 is 40.1. The molecular formula is C27H52O8SSi2. The van der Waals surface area contributed by atoms with Crippen LogP contribution in [0.25, 0.3) is 0 Å². The summed E-state index contributed by atoms with van der Waals surface area (Å²) in [7, 11) is 5.93. The highest BCUT2D eigenvalue weighted by atomic mass is 32.2. The number of thioether (sulfide) groups is 1. The molecular weight excluding hydrogens is 541 g/mol. The lowest BCUT2D eigenvalue weighted by Gasteiger charge is -2.48. The lowest BCUT2D eigenvalue weighted by molar-refractivity contribution is -0.138. The van der Waals surface area contributed by atoms with E-state index in [1.54, 1.807) is 47.3 Å². The minimum absolute atomic E-state index is 0.170. The zero-order valence-electron chi connectivity index (χ0n) is 24.6. The van der Waals surface area contributed by atoms with E-state index in [0.29, 0.717) is 6.61 Å². The van der Waals surface area contributed by atoms with Gasteiger partial charge in [0.25, 0.3) is 0 Å². The average Bonchev–Trinajstić information content (AvgIpc) is 2.97. The fourth-order valence-corrected chi connectivity index (χ4v) is 14.5. The van der Waals surface area contributed by atoms with E-state index in [1.807, 2.05) is 12.5 Å². The maximum absolute atomic E-state index is 11.0. The van der Waals surface area contributed by atoms with Crippen LogP contribution in [0.3, 0.4) is 0 Å². The first kappa shape index (κ1) is 35.5. The molecule has 0 saturated carbocycles. The zero-order chi connectivity index (χ0) is 28.5. The van der Waals surface area contributed by atoms with Gasteiger partial charge >= 0.3 is 23.1 Å². The van der Waals surface area contributed by atoms with Gasteiger partial charge in [-0.15, -0.1) is 11.8 Å². The molecule has 2 unspecified atom stereocenters. The Bertz CT molecular complexity index is 705. The third-order valence-corrected chi connectivity index (χ3v) is 17.9. The number of methoxy groups -OCH3 is 2. The van der Waals surface area contributed by atoms with Crippen LogP contribution in [0.5, 0.6) is 0 Å². The van der Waals surface area contributed by atoms with Gasteiger partial charge in [0.1, 0.15) is 10.4 Å². The summed E-state index contributed by atoms with van der Waals surface area (Å²) in [6.07, 6.45) is 11.5. The first-order valence-corrected chi connectivity index (χ1v) is 18.7. The zero-order valence-corrected chi connectivity index (χ0v) is 27.5. The molecule has 2 rings (SSSR count). The molecule has 8 nitrogen and oxygen atoms in total. The molecule has 38 heavy (non-hydrogen) atoms. The largest absolute Gasteiger partial charge is 0.463 e. The molecule has 0 amide bonds. The second-order valence-corrected chi connectivity index (χ2v) is 18.3. The molecule has 2 fully saturated rings. The van der Waals surface area contributed by atoms with E-state index in [1.165, 1.54) is 18.9 Å². The van der Waals surface area contributed by atoms with Crippen molar-refractivity contribution in [3.63, 3.8) is 0 Å². The van der Waals surface area contributed by atoms with Crippen LogP contribution in [-0.2, 0) is 36.7 Å². The van der Waals surface area contributed by atoms with Gasteiger partial charge in [0.2, 0.25) is 0 Å². The van der Waals surface area contributed by atoms with E-state index in [-0.39, 0.29) is 16.4 Å². The van der Waals surface area contributed by atoms with Crippen molar-refractivity contribution >= 4 is 34.9 Å². The summed E-state index contributed by atoms with van der Waals surface area (Å²) in [6.45, 7) is 7.48.